The van der Waals surface area contributed by atoms with Gasteiger partial charge in [-0.25, -0.2) is 9.97 Å². The number of likely N-dealkylation sites (N-methyl/N-ethyl adjacent to an activating group) is 1. The van der Waals surface area contributed by atoms with Crippen LogP contribution in [0.15, 0.2) is 6.07 Å². The molecule has 0 aliphatic heterocycles. The maximum Gasteiger partial charge on any atom is 0.241 e. The first-order chi connectivity index (χ1) is 8.56. The molecule has 0 spiro atoms. The third-order valence-corrected chi connectivity index (χ3v) is 2.22. The van der Waals surface area contributed by atoms with Crippen LogP contribution in [-0.2, 0) is 16.1 Å². The van der Waals surface area contributed by atoms with Gasteiger partial charge in [0.25, 0.3) is 0 Å². The van der Waals surface area contributed by atoms with E-state index in [1.165, 1.54) is 4.90 Å². The molecular formula is C11H19N5O2. The van der Waals surface area contributed by atoms with Gasteiger partial charge in [-0.15, -0.1) is 0 Å². The van der Waals surface area contributed by atoms with E-state index in [1.807, 2.05) is 0 Å². The van der Waals surface area contributed by atoms with Gasteiger partial charge in [0.15, 0.2) is 5.82 Å². The third-order valence-electron chi connectivity index (χ3n) is 2.22. The van der Waals surface area contributed by atoms with Crippen molar-refractivity contribution in [1.82, 2.24) is 14.9 Å². The van der Waals surface area contributed by atoms with Gasteiger partial charge in [-0.1, -0.05) is 0 Å². The van der Waals surface area contributed by atoms with Crippen LogP contribution < -0.4 is 10.6 Å². The maximum absolute atomic E-state index is 11.5. The second kappa shape index (κ2) is 6.75. The molecule has 0 radical (unpaired) electrons. The fourth-order valence-corrected chi connectivity index (χ4v) is 1.23. The molecule has 1 aromatic rings. The molecule has 1 heterocycles. The highest BCUT2D eigenvalue weighted by Crippen LogP contribution is 2.11. The number of ether oxygens (including phenoxy) is 1. The second-order valence-corrected chi connectivity index (χ2v) is 3.88. The van der Waals surface area contributed by atoms with Crippen LogP contribution in [0.3, 0.4) is 0 Å². The Hall–Kier alpha value is -1.89. The predicted molar refractivity (Wildman–Crippen MR) is 69.5 cm³/mol. The van der Waals surface area contributed by atoms with E-state index in [-0.39, 0.29) is 12.5 Å². The van der Waals surface area contributed by atoms with Gasteiger partial charge in [0.1, 0.15) is 18.2 Å². The van der Waals surface area contributed by atoms with Gasteiger partial charge in [-0.2, -0.15) is 0 Å². The monoisotopic (exact) mass is 253 g/mol. The first-order valence-corrected chi connectivity index (χ1v) is 5.55. The largest absolute Gasteiger partial charge is 0.377 e. The number of carbonyl (C=O) groups is 1. The van der Waals surface area contributed by atoms with E-state index < -0.39 is 0 Å². The van der Waals surface area contributed by atoms with Crippen molar-refractivity contribution in [3.05, 3.63) is 11.9 Å². The smallest absolute Gasteiger partial charge is 0.241 e. The van der Waals surface area contributed by atoms with E-state index in [9.17, 15) is 4.79 Å². The van der Waals surface area contributed by atoms with Gasteiger partial charge in [-0.05, 0) is 0 Å². The second-order valence-electron chi connectivity index (χ2n) is 3.88. The van der Waals surface area contributed by atoms with E-state index in [0.717, 1.165) is 0 Å². The van der Waals surface area contributed by atoms with Gasteiger partial charge >= 0.3 is 0 Å². The highest BCUT2D eigenvalue weighted by molar-refractivity contribution is 5.80. The number of aromatic nitrogens is 2. The first kappa shape index (κ1) is 14.2. The van der Waals surface area contributed by atoms with E-state index in [4.69, 9.17) is 4.74 Å². The van der Waals surface area contributed by atoms with Crippen molar-refractivity contribution >= 4 is 17.5 Å². The number of anilines is 2. The zero-order chi connectivity index (χ0) is 13.5. The Labute approximate surface area is 107 Å². The van der Waals surface area contributed by atoms with Gasteiger partial charge in [-0.3, -0.25) is 4.79 Å². The number of nitrogens with zero attached hydrogens (tertiary/aromatic N) is 3. The Balaban J connectivity index is 2.75. The lowest BCUT2D eigenvalue weighted by Gasteiger charge is -2.12. The zero-order valence-corrected chi connectivity index (χ0v) is 11.1. The normalized spacial score (nSPS) is 10.0. The Morgan fingerprint density at radius 1 is 1.39 bits per heavy atom. The molecule has 100 valence electrons. The maximum atomic E-state index is 11.5. The number of methoxy groups -OCH3 is 1. The molecule has 0 unspecified atom stereocenters. The number of hydrogen-bond acceptors (Lipinski definition) is 6. The summed E-state index contributed by atoms with van der Waals surface area (Å²) in [5.74, 6) is 1.81. The SMILES string of the molecule is CNc1cc(NCC(=O)N(C)C)nc(COC)n1. The highest BCUT2D eigenvalue weighted by atomic mass is 16.5. The first-order valence-electron chi connectivity index (χ1n) is 5.55. The lowest BCUT2D eigenvalue weighted by Crippen LogP contribution is -2.29. The highest BCUT2D eigenvalue weighted by Gasteiger charge is 2.07. The molecule has 1 aromatic heterocycles. The van der Waals surface area contributed by atoms with Crippen LogP contribution in [-0.4, -0.2) is 55.6 Å². The number of hydrogen-bond donors (Lipinski definition) is 2. The lowest BCUT2D eigenvalue weighted by molar-refractivity contribution is -0.126. The summed E-state index contributed by atoms with van der Waals surface area (Å²) in [6.07, 6.45) is 0. The molecule has 0 fully saturated rings. The van der Waals surface area contributed by atoms with Crippen molar-refractivity contribution in [3.8, 4) is 0 Å². The van der Waals surface area contributed by atoms with Crippen molar-refractivity contribution in [2.75, 3.05) is 45.4 Å². The standard InChI is InChI=1S/C11H19N5O2/c1-12-8-5-9(13-6-11(17)16(2)3)15-10(14-8)7-18-4/h5H,6-7H2,1-4H3,(H2,12,13,14,15). The molecular weight excluding hydrogens is 234 g/mol. The van der Waals surface area contributed by atoms with Gasteiger partial charge in [0.2, 0.25) is 5.91 Å². The molecule has 1 amide bonds. The number of nitrogens with one attached hydrogen (secondary N) is 2. The summed E-state index contributed by atoms with van der Waals surface area (Å²) in [6.45, 7) is 0.519. The van der Waals surface area contributed by atoms with E-state index >= 15 is 0 Å². The summed E-state index contributed by atoms with van der Waals surface area (Å²) in [4.78, 5) is 21.4. The van der Waals surface area contributed by atoms with Crippen LogP contribution in [0.1, 0.15) is 5.82 Å². The van der Waals surface area contributed by atoms with Crippen LogP contribution in [0.5, 0.6) is 0 Å². The van der Waals surface area contributed by atoms with Crippen molar-refractivity contribution in [2.45, 2.75) is 6.61 Å². The quantitative estimate of drug-likeness (QED) is 0.752. The molecule has 7 heteroatoms. The summed E-state index contributed by atoms with van der Waals surface area (Å²) in [6, 6.07) is 1.74. The molecule has 1 rings (SSSR count). The Bertz CT molecular complexity index is 408. The molecule has 0 bridgehead atoms. The molecule has 18 heavy (non-hydrogen) atoms. The summed E-state index contributed by atoms with van der Waals surface area (Å²) in [5.41, 5.74) is 0. The summed E-state index contributed by atoms with van der Waals surface area (Å²) >= 11 is 0. The molecule has 2 N–H and O–H groups in total. The average Bonchev–Trinajstić information content (AvgIpc) is 2.35. The molecule has 0 aliphatic carbocycles. The summed E-state index contributed by atoms with van der Waals surface area (Å²) < 4.78 is 4.99. The third kappa shape index (κ3) is 4.17. The predicted octanol–water partition coefficient (Wildman–Crippen LogP) is 0.165. The summed E-state index contributed by atoms with van der Waals surface area (Å²) in [7, 11) is 6.77. The Kier molecular flexibility index (Phi) is 5.31. The van der Waals surface area contributed by atoms with Crippen molar-refractivity contribution in [3.63, 3.8) is 0 Å². The number of rotatable bonds is 6. The molecule has 0 saturated heterocycles. The van der Waals surface area contributed by atoms with Crippen LogP contribution in [0.25, 0.3) is 0 Å². The molecule has 0 aromatic carbocycles. The molecule has 0 aliphatic rings. The van der Waals surface area contributed by atoms with Crippen LogP contribution in [0.4, 0.5) is 11.6 Å². The Morgan fingerprint density at radius 3 is 2.61 bits per heavy atom. The topological polar surface area (TPSA) is 79.4 Å². The number of carbonyl (C=O) groups excluding carboxylic acids is 1. The average molecular weight is 253 g/mol. The van der Waals surface area contributed by atoms with E-state index in [0.29, 0.717) is 24.1 Å². The Morgan fingerprint density at radius 2 is 2.06 bits per heavy atom. The van der Waals surface area contributed by atoms with Gasteiger partial charge in [0.05, 0.1) is 6.54 Å². The molecule has 0 atom stereocenters. The molecule has 7 nitrogen and oxygen atoms in total. The fourth-order valence-electron chi connectivity index (χ4n) is 1.23. The van der Waals surface area contributed by atoms with Crippen LogP contribution >= 0.6 is 0 Å². The summed E-state index contributed by atoms with van der Waals surface area (Å²) in [5, 5.41) is 5.90. The van der Waals surface area contributed by atoms with Gasteiger partial charge in [0, 0.05) is 34.3 Å². The van der Waals surface area contributed by atoms with Gasteiger partial charge < -0.3 is 20.3 Å². The van der Waals surface area contributed by atoms with Crippen LogP contribution in [0.2, 0.25) is 0 Å². The van der Waals surface area contributed by atoms with Crippen molar-refractivity contribution in [2.24, 2.45) is 0 Å². The number of amides is 1. The van der Waals surface area contributed by atoms with E-state index in [2.05, 4.69) is 20.6 Å². The van der Waals surface area contributed by atoms with Crippen LogP contribution in [0, 0.1) is 0 Å². The van der Waals surface area contributed by atoms with Crippen molar-refractivity contribution < 1.29 is 9.53 Å². The molecule has 0 saturated carbocycles. The lowest BCUT2D eigenvalue weighted by atomic mass is 10.4. The zero-order valence-electron chi connectivity index (χ0n) is 11.1. The van der Waals surface area contributed by atoms with E-state index in [1.54, 1.807) is 34.3 Å². The minimum atomic E-state index is -0.0205. The van der Waals surface area contributed by atoms with Crippen molar-refractivity contribution in [1.29, 1.82) is 0 Å². The minimum absolute atomic E-state index is 0.0205. The fraction of sp³-hybridized carbons (Fsp3) is 0.545. The minimum Gasteiger partial charge on any atom is -0.377 e.